The second kappa shape index (κ2) is 10.7. The molecule has 7 nitrogen and oxygen atoms in total. The molecule has 2 aromatic rings. The lowest BCUT2D eigenvalue weighted by atomic mass is 10.2. The minimum atomic E-state index is -3.51. The van der Waals surface area contributed by atoms with Gasteiger partial charge in [-0.2, -0.15) is 4.31 Å². The molecule has 8 heteroatoms. The maximum atomic E-state index is 12.9. The van der Waals surface area contributed by atoms with E-state index in [4.69, 9.17) is 0 Å². The second-order valence-electron chi connectivity index (χ2n) is 7.96. The van der Waals surface area contributed by atoms with Crippen molar-refractivity contribution in [1.82, 2.24) is 4.31 Å². The smallest absolute Gasteiger partial charge is 0.243 e. The highest BCUT2D eigenvalue weighted by molar-refractivity contribution is 7.89. The Balaban J connectivity index is 1.65. The van der Waals surface area contributed by atoms with Crippen molar-refractivity contribution in [2.75, 3.05) is 36.4 Å². The molecule has 1 atom stereocenters. The molecular weight excluding hydrogens is 414 g/mol. The van der Waals surface area contributed by atoms with E-state index in [0.29, 0.717) is 25.3 Å². The molecule has 1 fully saturated rings. The summed E-state index contributed by atoms with van der Waals surface area (Å²) in [5.74, 6) is -0.243. The van der Waals surface area contributed by atoms with Gasteiger partial charge in [0.05, 0.1) is 17.5 Å². The first-order valence-corrected chi connectivity index (χ1v) is 12.2. The van der Waals surface area contributed by atoms with Gasteiger partial charge in [-0.1, -0.05) is 31.0 Å². The predicted molar refractivity (Wildman–Crippen MR) is 123 cm³/mol. The summed E-state index contributed by atoms with van der Waals surface area (Å²) in [5, 5.41) is 12.6. The molecule has 31 heavy (non-hydrogen) atoms. The van der Waals surface area contributed by atoms with E-state index in [9.17, 15) is 18.3 Å². The van der Waals surface area contributed by atoms with E-state index in [1.807, 2.05) is 30.3 Å². The van der Waals surface area contributed by atoms with E-state index in [0.717, 1.165) is 31.4 Å². The van der Waals surface area contributed by atoms with Gasteiger partial charge in [0.25, 0.3) is 0 Å². The van der Waals surface area contributed by atoms with Crippen LogP contribution in [0.3, 0.4) is 0 Å². The number of anilines is 2. The summed E-state index contributed by atoms with van der Waals surface area (Å²) in [4.78, 5) is 14.6. The zero-order valence-electron chi connectivity index (χ0n) is 17.9. The summed E-state index contributed by atoms with van der Waals surface area (Å²) >= 11 is 0. The molecule has 0 radical (unpaired) electrons. The first kappa shape index (κ1) is 23.2. The Labute approximate surface area is 184 Å². The Hall–Kier alpha value is -2.42. The number of benzene rings is 2. The summed E-state index contributed by atoms with van der Waals surface area (Å²) in [7, 11) is -3.51. The van der Waals surface area contributed by atoms with Crippen LogP contribution in [-0.2, 0) is 14.8 Å². The Morgan fingerprint density at radius 2 is 1.65 bits per heavy atom. The highest BCUT2D eigenvalue weighted by Crippen LogP contribution is 2.22. The topological polar surface area (TPSA) is 90.0 Å². The number of hydrogen-bond acceptors (Lipinski definition) is 5. The maximum absolute atomic E-state index is 12.9. The zero-order valence-corrected chi connectivity index (χ0v) is 18.7. The first-order chi connectivity index (χ1) is 14.9. The summed E-state index contributed by atoms with van der Waals surface area (Å²) in [5.41, 5.74) is 1.38. The van der Waals surface area contributed by atoms with E-state index in [1.54, 1.807) is 40.4 Å². The lowest BCUT2D eigenvalue weighted by Gasteiger charge is -2.25. The van der Waals surface area contributed by atoms with Gasteiger partial charge in [-0.25, -0.2) is 8.42 Å². The fourth-order valence-corrected chi connectivity index (χ4v) is 5.25. The minimum Gasteiger partial charge on any atom is -0.392 e. The standard InChI is InChI=1S/C23H31N3O4S/c1-19(27)17-25(21-9-5-4-6-10-21)18-23(28)24-20-11-13-22(14-12-20)31(29,30)26-15-7-2-3-8-16-26/h4-6,9-14,19,27H,2-3,7-8,15-18H2,1H3,(H,24,28). The van der Waals surface area contributed by atoms with Gasteiger partial charge in [0.2, 0.25) is 15.9 Å². The van der Waals surface area contributed by atoms with Crippen LogP contribution in [0.1, 0.15) is 32.6 Å². The summed E-state index contributed by atoms with van der Waals surface area (Å²) in [6.45, 7) is 3.18. The van der Waals surface area contributed by atoms with Crippen molar-refractivity contribution >= 4 is 27.3 Å². The molecule has 0 bridgehead atoms. The average Bonchev–Trinajstić information content (AvgIpc) is 3.04. The molecule has 1 aliphatic rings. The SMILES string of the molecule is CC(O)CN(CC(=O)Nc1ccc(S(=O)(=O)N2CCCCCC2)cc1)c1ccccc1. The van der Waals surface area contributed by atoms with Crippen LogP contribution in [0.4, 0.5) is 11.4 Å². The summed E-state index contributed by atoms with van der Waals surface area (Å²) in [6.07, 6.45) is 3.31. The third kappa shape index (κ3) is 6.53. The highest BCUT2D eigenvalue weighted by atomic mass is 32.2. The van der Waals surface area contributed by atoms with Gasteiger partial charge in [-0.3, -0.25) is 4.79 Å². The second-order valence-corrected chi connectivity index (χ2v) is 9.89. The number of amides is 1. The van der Waals surface area contributed by atoms with Gasteiger partial charge >= 0.3 is 0 Å². The predicted octanol–water partition coefficient (Wildman–Crippen LogP) is 3.08. The molecule has 0 aliphatic carbocycles. The van der Waals surface area contributed by atoms with Crippen LogP contribution < -0.4 is 10.2 Å². The van der Waals surface area contributed by atoms with Crippen molar-refractivity contribution in [2.24, 2.45) is 0 Å². The fourth-order valence-electron chi connectivity index (χ4n) is 3.73. The van der Waals surface area contributed by atoms with E-state index in [-0.39, 0.29) is 17.3 Å². The average molecular weight is 446 g/mol. The van der Waals surface area contributed by atoms with Crippen LogP contribution >= 0.6 is 0 Å². The van der Waals surface area contributed by atoms with Gasteiger partial charge in [-0.05, 0) is 56.2 Å². The van der Waals surface area contributed by atoms with Crippen molar-refractivity contribution in [3.8, 4) is 0 Å². The van der Waals surface area contributed by atoms with E-state index in [1.165, 1.54) is 0 Å². The quantitative estimate of drug-likeness (QED) is 0.652. The molecule has 1 amide bonds. The van der Waals surface area contributed by atoms with Gasteiger partial charge in [0.1, 0.15) is 0 Å². The fraction of sp³-hybridized carbons (Fsp3) is 0.435. The van der Waals surface area contributed by atoms with Crippen LogP contribution in [-0.4, -0.2) is 56.0 Å². The van der Waals surface area contributed by atoms with Crippen LogP contribution in [0.15, 0.2) is 59.5 Å². The number of carbonyl (C=O) groups is 1. The van der Waals surface area contributed by atoms with Crippen molar-refractivity contribution in [3.63, 3.8) is 0 Å². The minimum absolute atomic E-state index is 0.0722. The number of hydrogen-bond donors (Lipinski definition) is 2. The molecule has 1 unspecified atom stereocenters. The maximum Gasteiger partial charge on any atom is 0.243 e. The number of sulfonamides is 1. The van der Waals surface area contributed by atoms with Crippen LogP contribution in [0.25, 0.3) is 0 Å². The van der Waals surface area contributed by atoms with Gasteiger partial charge in [0.15, 0.2) is 0 Å². The molecule has 0 saturated carbocycles. The number of carbonyl (C=O) groups excluding carboxylic acids is 1. The van der Waals surface area contributed by atoms with Crippen molar-refractivity contribution in [2.45, 2.75) is 43.6 Å². The van der Waals surface area contributed by atoms with Gasteiger partial charge < -0.3 is 15.3 Å². The van der Waals surface area contributed by atoms with E-state index >= 15 is 0 Å². The molecular formula is C23H31N3O4S. The largest absolute Gasteiger partial charge is 0.392 e. The molecule has 1 heterocycles. The van der Waals surface area contributed by atoms with Crippen LogP contribution in [0.2, 0.25) is 0 Å². The molecule has 2 aromatic carbocycles. The van der Waals surface area contributed by atoms with Gasteiger partial charge in [0, 0.05) is 31.0 Å². The Morgan fingerprint density at radius 1 is 1.03 bits per heavy atom. The molecule has 1 saturated heterocycles. The number of aliphatic hydroxyl groups excluding tert-OH is 1. The lowest BCUT2D eigenvalue weighted by Crippen LogP contribution is -2.37. The Morgan fingerprint density at radius 3 is 2.23 bits per heavy atom. The molecule has 0 aromatic heterocycles. The molecule has 1 aliphatic heterocycles. The molecule has 0 spiro atoms. The lowest BCUT2D eigenvalue weighted by molar-refractivity contribution is -0.115. The number of para-hydroxylation sites is 1. The Bertz CT molecular complexity index is 939. The summed E-state index contributed by atoms with van der Waals surface area (Å²) < 4.78 is 27.3. The van der Waals surface area contributed by atoms with E-state index < -0.39 is 16.1 Å². The van der Waals surface area contributed by atoms with E-state index in [2.05, 4.69) is 5.32 Å². The monoisotopic (exact) mass is 445 g/mol. The van der Waals surface area contributed by atoms with Gasteiger partial charge in [-0.15, -0.1) is 0 Å². The number of nitrogens with one attached hydrogen (secondary N) is 1. The van der Waals surface area contributed by atoms with Crippen molar-refractivity contribution in [1.29, 1.82) is 0 Å². The summed E-state index contributed by atoms with van der Waals surface area (Å²) in [6, 6.07) is 15.7. The normalized spacial score (nSPS) is 16.3. The highest BCUT2D eigenvalue weighted by Gasteiger charge is 2.25. The van der Waals surface area contributed by atoms with Crippen molar-refractivity contribution in [3.05, 3.63) is 54.6 Å². The van der Waals surface area contributed by atoms with Crippen LogP contribution in [0, 0.1) is 0 Å². The zero-order chi connectivity index (χ0) is 22.3. The van der Waals surface area contributed by atoms with Crippen LogP contribution in [0.5, 0.6) is 0 Å². The Kier molecular flexibility index (Phi) is 8.06. The third-order valence-corrected chi connectivity index (χ3v) is 7.19. The van der Waals surface area contributed by atoms with Crippen molar-refractivity contribution < 1.29 is 18.3 Å². The molecule has 3 rings (SSSR count). The number of nitrogens with zero attached hydrogens (tertiary/aromatic N) is 2. The number of rotatable bonds is 8. The first-order valence-electron chi connectivity index (χ1n) is 10.7. The number of aliphatic hydroxyl groups is 1. The molecule has 168 valence electrons. The third-order valence-electron chi connectivity index (χ3n) is 5.28. The molecule has 2 N–H and O–H groups in total.